The summed E-state index contributed by atoms with van der Waals surface area (Å²) in [7, 11) is -4.17. The lowest BCUT2D eigenvalue weighted by atomic mass is 9.98. The van der Waals surface area contributed by atoms with Crippen LogP contribution in [0.3, 0.4) is 0 Å². The fourth-order valence-corrected chi connectivity index (χ4v) is 7.62. The van der Waals surface area contributed by atoms with Crippen molar-refractivity contribution < 1.29 is 38.2 Å². The first-order valence-electron chi connectivity index (χ1n) is 15.4. The second kappa shape index (κ2) is 14.7. The molecule has 0 aliphatic heterocycles. The maximum Gasteiger partial charge on any atom is 0.407 e. The molecule has 0 fully saturated rings. The lowest BCUT2D eigenvalue weighted by molar-refractivity contribution is -0.139. The Labute approximate surface area is 278 Å². The van der Waals surface area contributed by atoms with Gasteiger partial charge in [0, 0.05) is 12.3 Å². The second-order valence-electron chi connectivity index (χ2n) is 11.4. The quantitative estimate of drug-likeness (QED) is 0.113. The molecule has 0 unspecified atom stereocenters. The predicted octanol–water partition coefficient (Wildman–Crippen LogP) is 7.18. The van der Waals surface area contributed by atoms with Crippen molar-refractivity contribution in [1.82, 2.24) is 5.32 Å². The number of aromatic hydroxyl groups is 1. The summed E-state index contributed by atoms with van der Waals surface area (Å²) >= 11 is 0. The molecule has 1 atom stereocenters. The van der Waals surface area contributed by atoms with E-state index in [2.05, 4.69) is 5.32 Å². The van der Waals surface area contributed by atoms with E-state index in [0.29, 0.717) is 0 Å². The van der Waals surface area contributed by atoms with Gasteiger partial charge in [-0.1, -0.05) is 115 Å². The Morgan fingerprint density at radius 1 is 0.729 bits per heavy atom. The van der Waals surface area contributed by atoms with Crippen molar-refractivity contribution >= 4 is 25.0 Å². The number of alkyl carbamates (subject to hydrolysis) is 1. The molecule has 1 amide bonds. The van der Waals surface area contributed by atoms with Crippen LogP contribution in [0, 0.1) is 0 Å². The standard InChI is InChI=1S/C38H34NO8P/c40-29-20-19-28(36(22-29)48(44,46-23-26-11-3-1-4-12-26)47-24-27-13-5-2-6-14-27)21-35(37(41)42)39-38(43)45-25-34-32-17-9-7-15-30(32)31-16-8-10-18-33(31)34/h1-20,22,34-35,40H,21,23-25H2,(H,39,43)(H,41,42)/t35-/m0/s1. The van der Waals surface area contributed by atoms with Gasteiger partial charge in [-0.15, -0.1) is 0 Å². The molecule has 1 aliphatic carbocycles. The van der Waals surface area contributed by atoms with Crippen molar-refractivity contribution in [2.75, 3.05) is 6.61 Å². The zero-order valence-electron chi connectivity index (χ0n) is 25.9. The predicted molar refractivity (Wildman–Crippen MR) is 181 cm³/mol. The van der Waals surface area contributed by atoms with Crippen LogP contribution < -0.4 is 10.6 Å². The molecule has 6 rings (SSSR count). The number of aliphatic carboxylic acids is 1. The van der Waals surface area contributed by atoms with Crippen LogP contribution in [0.15, 0.2) is 127 Å². The van der Waals surface area contributed by atoms with E-state index >= 15 is 0 Å². The molecule has 0 saturated carbocycles. The van der Waals surface area contributed by atoms with Crippen LogP contribution in [0.1, 0.15) is 33.7 Å². The number of carbonyl (C=O) groups excluding carboxylic acids is 1. The lowest BCUT2D eigenvalue weighted by Gasteiger charge is -2.23. The van der Waals surface area contributed by atoms with Gasteiger partial charge in [-0.05, 0) is 51.1 Å². The highest BCUT2D eigenvalue weighted by atomic mass is 31.2. The Kier molecular flexibility index (Phi) is 10.0. The first-order valence-corrected chi connectivity index (χ1v) is 17.0. The van der Waals surface area contributed by atoms with E-state index in [0.717, 1.165) is 33.4 Å². The molecule has 244 valence electrons. The molecule has 9 nitrogen and oxygen atoms in total. The summed E-state index contributed by atoms with van der Waals surface area (Å²) in [4.78, 5) is 25.5. The summed E-state index contributed by atoms with van der Waals surface area (Å²) in [6, 6.07) is 36.6. The third-order valence-electron chi connectivity index (χ3n) is 8.21. The van der Waals surface area contributed by atoms with E-state index in [-0.39, 0.29) is 48.8 Å². The van der Waals surface area contributed by atoms with Gasteiger partial charge in [-0.25, -0.2) is 9.59 Å². The van der Waals surface area contributed by atoms with Crippen molar-refractivity contribution in [3.8, 4) is 16.9 Å². The zero-order valence-corrected chi connectivity index (χ0v) is 26.8. The van der Waals surface area contributed by atoms with E-state index in [1.165, 1.54) is 18.2 Å². The highest BCUT2D eigenvalue weighted by Crippen LogP contribution is 2.50. The topological polar surface area (TPSA) is 131 Å². The van der Waals surface area contributed by atoms with Crippen molar-refractivity contribution in [2.24, 2.45) is 0 Å². The van der Waals surface area contributed by atoms with Gasteiger partial charge in [-0.3, -0.25) is 4.57 Å². The summed E-state index contributed by atoms with van der Waals surface area (Å²) in [6.45, 7) is -0.128. The molecule has 5 aromatic carbocycles. The van der Waals surface area contributed by atoms with E-state index in [9.17, 15) is 24.4 Å². The van der Waals surface area contributed by atoms with E-state index < -0.39 is 25.7 Å². The maximum absolute atomic E-state index is 14.5. The average Bonchev–Trinajstić information content (AvgIpc) is 3.43. The third kappa shape index (κ3) is 7.50. The van der Waals surface area contributed by atoms with Crippen LogP contribution >= 0.6 is 7.60 Å². The summed E-state index contributed by atoms with van der Waals surface area (Å²) in [5.41, 5.74) is 5.92. The minimum Gasteiger partial charge on any atom is -0.508 e. The molecule has 5 aromatic rings. The van der Waals surface area contributed by atoms with Gasteiger partial charge in [0.15, 0.2) is 0 Å². The SMILES string of the molecule is O=C(N[C@@H](Cc1ccc(O)cc1P(=O)(OCc1ccccc1)OCc1ccccc1)C(=O)O)OCC1c2ccccc2-c2ccccc21. The summed E-state index contributed by atoms with van der Waals surface area (Å²) < 4.78 is 32.1. The van der Waals surface area contributed by atoms with E-state index in [1.54, 1.807) is 0 Å². The second-order valence-corrected chi connectivity index (χ2v) is 13.4. The van der Waals surface area contributed by atoms with Gasteiger partial charge in [0.25, 0.3) is 0 Å². The minimum atomic E-state index is -4.17. The fourth-order valence-electron chi connectivity index (χ4n) is 5.83. The Hall–Kier alpha value is -5.21. The van der Waals surface area contributed by atoms with Crippen LogP contribution in [0.25, 0.3) is 11.1 Å². The Morgan fingerprint density at radius 2 is 1.25 bits per heavy atom. The Morgan fingerprint density at radius 3 is 1.79 bits per heavy atom. The van der Waals surface area contributed by atoms with Crippen LogP contribution in [-0.4, -0.2) is 34.9 Å². The van der Waals surface area contributed by atoms with Crippen LogP contribution in [0.4, 0.5) is 4.79 Å². The Balaban J connectivity index is 1.21. The maximum atomic E-state index is 14.5. The fraction of sp³-hybridized carbons (Fsp3) is 0.158. The van der Waals surface area contributed by atoms with E-state index in [4.69, 9.17) is 13.8 Å². The number of carboxylic acids is 1. The normalized spacial score (nSPS) is 12.9. The first kappa shape index (κ1) is 32.7. The molecule has 0 bridgehead atoms. The molecular formula is C38H34NO8P. The number of hydrogen-bond donors (Lipinski definition) is 3. The highest BCUT2D eigenvalue weighted by molar-refractivity contribution is 7.62. The van der Waals surface area contributed by atoms with Crippen molar-refractivity contribution in [3.05, 3.63) is 155 Å². The van der Waals surface area contributed by atoms with E-state index in [1.807, 2.05) is 109 Å². The number of benzene rings is 5. The number of rotatable bonds is 13. The van der Waals surface area contributed by atoms with Gasteiger partial charge < -0.3 is 29.3 Å². The number of nitrogens with one attached hydrogen (secondary N) is 1. The molecule has 0 saturated heterocycles. The zero-order chi connectivity index (χ0) is 33.5. The van der Waals surface area contributed by atoms with Gasteiger partial charge in [0.2, 0.25) is 0 Å². The summed E-state index contributed by atoms with van der Waals surface area (Å²) in [5, 5.41) is 23.0. The van der Waals surface area contributed by atoms with Crippen LogP contribution in [0.2, 0.25) is 0 Å². The van der Waals surface area contributed by atoms with Crippen molar-refractivity contribution in [1.29, 1.82) is 0 Å². The molecule has 3 N–H and O–H groups in total. The smallest absolute Gasteiger partial charge is 0.407 e. The van der Waals surface area contributed by atoms with Crippen LogP contribution in [-0.2, 0) is 42.8 Å². The molecule has 0 spiro atoms. The third-order valence-corrected chi connectivity index (χ3v) is 10.2. The number of amides is 1. The average molecular weight is 664 g/mol. The number of carbonyl (C=O) groups is 2. The van der Waals surface area contributed by atoms with Crippen molar-refractivity contribution in [3.63, 3.8) is 0 Å². The monoisotopic (exact) mass is 663 g/mol. The largest absolute Gasteiger partial charge is 0.508 e. The molecular weight excluding hydrogens is 629 g/mol. The number of fused-ring (bicyclic) bond motifs is 3. The number of ether oxygens (including phenoxy) is 1. The number of hydrogen-bond acceptors (Lipinski definition) is 7. The molecule has 10 heteroatoms. The minimum absolute atomic E-state index is 0.00468. The number of phenolic OH excluding ortho intramolecular Hbond substituents is 1. The van der Waals surface area contributed by atoms with Crippen LogP contribution in [0.5, 0.6) is 5.75 Å². The van der Waals surface area contributed by atoms with Gasteiger partial charge in [0.1, 0.15) is 18.4 Å². The molecule has 0 heterocycles. The molecule has 0 radical (unpaired) electrons. The molecule has 1 aliphatic rings. The van der Waals surface area contributed by atoms with Gasteiger partial charge in [-0.2, -0.15) is 0 Å². The summed E-state index contributed by atoms with van der Waals surface area (Å²) in [5.74, 6) is -1.74. The molecule has 0 aromatic heterocycles. The van der Waals surface area contributed by atoms with Gasteiger partial charge >= 0.3 is 19.7 Å². The highest BCUT2D eigenvalue weighted by Gasteiger charge is 2.34. The Bertz CT molecular complexity index is 1860. The lowest BCUT2D eigenvalue weighted by Crippen LogP contribution is -2.43. The van der Waals surface area contributed by atoms with Crippen molar-refractivity contribution in [2.45, 2.75) is 31.6 Å². The molecule has 48 heavy (non-hydrogen) atoms. The van der Waals surface area contributed by atoms with Gasteiger partial charge in [0.05, 0.1) is 18.5 Å². The number of phenols is 1. The first-order chi connectivity index (χ1) is 23.3. The summed E-state index contributed by atoms with van der Waals surface area (Å²) in [6.07, 6.45) is -1.20. The number of carboxylic acid groups (broad SMARTS) is 1.